The second-order valence-corrected chi connectivity index (χ2v) is 11.8. The van der Waals surface area contributed by atoms with Gasteiger partial charge >= 0.3 is 21.1 Å². The molecule has 0 aliphatic rings. The molecule has 0 spiro atoms. The van der Waals surface area contributed by atoms with Crippen molar-refractivity contribution < 1.29 is 21.1 Å². The summed E-state index contributed by atoms with van der Waals surface area (Å²) in [5.74, 6) is 0.873. The fourth-order valence-electron chi connectivity index (χ4n) is 6.73. The molecule has 9 rings (SSSR count). The monoisotopic (exact) mass is 795 g/mol. The molecule has 0 atom stereocenters. The van der Waals surface area contributed by atoms with Crippen molar-refractivity contribution >= 4 is 32.8 Å². The minimum atomic E-state index is 0. The van der Waals surface area contributed by atoms with Gasteiger partial charge < -0.3 is 14.1 Å². The zero-order chi connectivity index (χ0) is 31.3. The first kappa shape index (κ1) is 29.8. The van der Waals surface area contributed by atoms with Crippen molar-refractivity contribution in [2.24, 2.45) is 7.05 Å². The van der Waals surface area contributed by atoms with Gasteiger partial charge in [0.15, 0.2) is 0 Å². The van der Waals surface area contributed by atoms with Crippen LogP contribution in [0.25, 0.3) is 83.4 Å². The molecule has 0 radical (unpaired) electrons. The van der Waals surface area contributed by atoms with Gasteiger partial charge in [-0.3, -0.25) is 4.98 Å². The number of hydrogen-bond donors (Lipinski definition) is 0. The molecular formula is C43H28N4Pt. The number of nitrogens with zero attached hydrogens (tertiary/aromatic N) is 4. The summed E-state index contributed by atoms with van der Waals surface area (Å²) in [6.45, 7) is 0. The number of rotatable bonds is 5. The Morgan fingerprint density at radius 1 is 0.583 bits per heavy atom. The molecule has 0 bridgehead atoms. The molecule has 0 unspecified atom stereocenters. The van der Waals surface area contributed by atoms with Crippen LogP contribution in [0.1, 0.15) is 0 Å². The van der Waals surface area contributed by atoms with E-state index in [0.717, 1.165) is 72.3 Å². The molecule has 0 amide bonds. The average Bonchev–Trinajstić information content (AvgIpc) is 3.66. The van der Waals surface area contributed by atoms with Crippen LogP contribution in [-0.4, -0.2) is 19.1 Å². The van der Waals surface area contributed by atoms with Gasteiger partial charge in [-0.15, -0.1) is 47.5 Å². The minimum absolute atomic E-state index is 0. The molecule has 6 aromatic carbocycles. The summed E-state index contributed by atoms with van der Waals surface area (Å²) < 4.78 is 4.46. The molecule has 230 valence electrons. The van der Waals surface area contributed by atoms with E-state index in [0.29, 0.717) is 0 Å². The van der Waals surface area contributed by atoms with Crippen LogP contribution in [-0.2, 0) is 28.1 Å². The van der Waals surface area contributed by atoms with Gasteiger partial charge in [-0.1, -0.05) is 108 Å². The van der Waals surface area contributed by atoms with Crippen LogP contribution in [0.3, 0.4) is 0 Å². The summed E-state index contributed by atoms with van der Waals surface area (Å²) in [4.78, 5) is 9.71. The smallest absolute Gasteiger partial charge is 0.367 e. The summed E-state index contributed by atoms with van der Waals surface area (Å²) in [6, 6.07) is 58.3. The van der Waals surface area contributed by atoms with Crippen molar-refractivity contribution in [1.82, 2.24) is 19.1 Å². The van der Waals surface area contributed by atoms with Crippen LogP contribution < -0.4 is 0 Å². The number of fused-ring (bicyclic) bond motifs is 4. The van der Waals surface area contributed by atoms with Gasteiger partial charge in [-0.05, 0) is 63.2 Å². The molecule has 3 heterocycles. The molecule has 0 aliphatic carbocycles. The van der Waals surface area contributed by atoms with E-state index in [2.05, 4.69) is 155 Å². The summed E-state index contributed by atoms with van der Waals surface area (Å²) in [5.41, 5.74) is 12.4. The maximum absolute atomic E-state index is 5.09. The summed E-state index contributed by atoms with van der Waals surface area (Å²) in [5, 5.41) is 2.30. The normalized spacial score (nSPS) is 11.3. The van der Waals surface area contributed by atoms with Gasteiger partial charge in [0.2, 0.25) is 0 Å². The number of hydrogen-bond acceptors (Lipinski definition) is 2. The summed E-state index contributed by atoms with van der Waals surface area (Å²) >= 11 is 0. The van der Waals surface area contributed by atoms with E-state index in [-0.39, 0.29) is 21.1 Å². The van der Waals surface area contributed by atoms with Crippen molar-refractivity contribution in [3.8, 4) is 50.6 Å². The largest absolute Gasteiger partial charge is 2.00 e. The topological polar surface area (TPSA) is 35.6 Å². The standard InChI is InChI=1S/C43H28N4.Pt/c1-46-40-21-9-8-20-38(40)45-43(46)33-27-35(30-15-6-3-7-16-30)42-36-26-31(29-13-4-2-5-14-29)22-23-39(36)47(41(42)28-33)34-18-12-17-32(25-34)37-19-10-11-24-44-37;/h2-24,26-27H,1H3;/q-2;+2. The van der Waals surface area contributed by atoms with E-state index < -0.39 is 0 Å². The Bertz CT molecular complexity index is 2570. The van der Waals surface area contributed by atoms with Gasteiger partial charge in [0.05, 0.1) is 16.9 Å². The Morgan fingerprint density at radius 3 is 2.10 bits per heavy atom. The maximum atomic E-state index is 5.09. The molecule has 0 saturated carbocycles. The van der Waals surface area contributed by atoms with Crippen LogP contribution >= 0.6 is 0 Å². The number of aryl methyl sites for hydroxylation is 1. The molecular weight excluding hydrogens is 768 g/mol. The molecule has 3 aromatic heterocycles. The van der Waals surface area contributed by atoms with E-state index in [1.54, 1.807) is 0 Å². The third-order valence-corrected chi connectivity index (χ3v) is 8.96. The van der Waals surface area contributed by atoms with Crippen LogP contribution in [0.5, 0.6) is 0 Å². The Hall–Kier alpha value is -5.57. The number of pyridine rings is 1. The van der Waals surface area contributed by atoms with E-state index >= 15 is 0 Å². The summed E-state index contributed by atoms with van der Waals surface area (Å²) in [6.07, 6.45) is 1.82. The van der Waals surface area contributed by atoms with Gasteiger partial charge in [-0.2, -0.15) is 0 Å². The van der Waals surface area contributed by atoms with Crippen LogP contribution in [0.15, 0.2) is 152 Å². The fraction of sp³-hybridized carbons (Fsp3) is 0.0233. The van der Waals surface area contributed by atoms with Gasteiger partial charge in [-0.25, -0.2) is 0 Å². The average molecular weight is 796 g/mol. The number of para-hydroxylation sites is 2. The van der Waals surface area contributed by atoms with Crippen LogP contribution in [0.2, 0.25) is 0 Å². The number of imidazole rings is 1. The Balaban J connectivity index is 0.00000336. The molecule has 0 N–H and O–H groups in total. The zero-order valence-corrected chi connectivity index (χ0v) is 28.3. The third-order valence-electron chi connectivity index (χ3n) is 8.96. The van der Waals surface area contributed by atoms with E-state index in [1.807, 2.05) is 30.5 Å². The van der Waals surface area contributed by atoms with E-state index in [9.17, 15) is 0 Å². The first-order valence-electron chi connectivity index (χ1n) is 15.7. The maximum Gasteiger partial charge on any atom is 2.00 e. The number of benzene rings is 6. The van der Waals surface area contributed by atoms with Crippen molar-refractivity contribution in [2.45, 2.75) is 0 Å². The second-order valence-electron chi connectivity index (χ2n) is 11.8. The second kappa shape index (κ2) is 12.2. The van der Waals surface area contributed by atoms with E-state index in [1.165, 1.54) is 11.1 Å². The van der Waals surface area contributed by atoms with Crippen molar-refractivity contribution in [3.63, 3.8) is 0 Å². The predicted octanol–water partition coefficient (Wildman–Crippen LogP) is 10.3. The third kappa shape index (κ3) is 4.97. The molecule has 9 aromatic rings. The first-order valence-corrected chi connectivity index (χ1v) is 15.7. The van der Waals surface area contributed by atoms with Gasteiger partial charge in [0.1, 0.15) is 0 Å². The Labute approximate surface area is 293 Å². The van der Waals surface area contributed by atoms with E-state index in [4.69, 9.17) is 4.98 Å². The van der Waals surface area contributed by atoms with Crippen molar-refractivity contribution in [1.29, 1.82) is 0 Å². The quantitative estimate of drug-likeness (QED) is 0.163. The minimum Gasteiger partial charge on any atom is -0.367 e. The zero-order valence-electron chi connectivity index (χ0n) is 26.0. The number of aromatic nitrogens is 4. The molecule has 48 heavy (non-hydrogen) atoms. The van der Waals surface area contributed by atoms with Crippen molar-refractivity contribution in [2.75, 3.05) is 0 Å². The molecule has 5 heteroatoms. The Morgan fingerprint density at radius 2 is 1.33 bits per heavy atom. The Kier molecular flexibility index (Phi) is 7.59. The molecule has 0 saturated heterocycles. The van der Waals surface area contributed by atoms with Crippen molar-refractivity contribution in [3.05, 3.63) is 164 Å². The van der Waals surface area contributed by atoms with Crippen LogP contribution in [0, 0.1) is 12.1 Å². The molecule has 0 aliphatic heterocycles. The SMILES string of the molecule is Cn1c(-c2[c-]c3c(c(-c4ccccc4)c2)c2cc(-c4ccccc4)ccc2n3-c2[c-]c(-c3ccccn3)ccc2)nc2ccccc21.[Pt+2]. The van der Waals surface area contributed by atoms with Crippen LogP contribution in [0.4, 0.5) is 0 Å². The summed E-state index contributed by atoms with van der Waals surface area (Å²) in [7, 11) is 2.08. The van der Waals surface area contributed by atoms with Gasteiger partial charge in [0.25, 0.3) is 0 Å². The molecule has 0 fully saturated rings. The molecule has 4 nitrogen and oxygen atoms in total. The predicted molar refractivity (Wildman–Crippen MR) is 192 cm³/mol. The first-order chi connectivity index (χ1) is 23.2. The fourth-order valence-corrected chi connectivity index (χ4v) is 6.73. The van der Waals surface area contributed by atoms with Gasteiger partial charge in [0, 0.05) is 18.8 Å².